The lowest BCUT2D eigenvalue weighted by Gasteiger charge is -2.62. The quantitative estimate of drug-likeness (QED) is 0.369. The van der Waals surface area contributed by atoms with Crippen molar-refractivity contribution in [3.63, 3.8) is 0 Å². The second-order valence-electron chi connectivity index (χ2n) is 8.70. The first kappa shape index (κ1) is 23.4. The maximum absolute atomic E-state index is 12.5. The predicted octanol–water partition coefficient (Wildman–Crippen LogP) is 2.07. The molecular weight excluding hydrogens is 481 g/mol. The van der Waals surface area contributed by atoms with Crippen LogP contribution in [0, 0.1) is 5.41 Å². The van der Waals surface area contributed by atoms with Crippen molar-refractivity contribution in [1.29, 1.82) is 0 Å². The van der Waals surface area contributed by atoms with E-state index in [1.807, 2.05) is 24.3 Å². The van der Waals surface area contributed by atoms with Gasteiger partial charge in [0.1, 0.15) is 0 Å². The van der Waals surface area contributed by atoms with Crippen LogP contribution in [0.1, 0.15) is 43.6 Å². The first-order valence-electron chi connectivity index (χ1n) is 9.79. The molecule has 29 heavy (non-hydrogen) atoms. The van der Waals surface area contributed by atoms with Crippen molar-refractivity contribution in [3.8, 4) is 0 Å². The monoisotopic (exact) mass is 513 g/mol. The van der Waals surface area contributed by atoms with Crippen molar-refractivity contribution in [1.82, 2.24) is 20.4 Å². The normalized spacial score (nSPS) is 20.3. The lowest BCUT2D eigenvalue weighted by atomic mass is 9.65. The molecule has 0 spiro atoms. The Morgan fingerprint density at radius 1 is 1.21 bits per heavy atom. The molecule has 2 amide bonds. The predicted molar refractivity (Wildman–Crippen MR) is 126 cm³/mol. The van der Waals surface area contributed by atoms with E-state index in [-0.39, 0.29) is 53.3 Å². The molecule has 2 fully saturated rings. The van der Waals surface area contributed by atoms with Crippen LogP contribution in [0.2, 0.25) is 0 Å². The molecule has 2 aliphatic heterocycles. The van der Waals surface area contributed by atoms with E-state index in [2.05, 4.69) is 48.2 Å². The molecule has 0 radical (unpaired) electrons. The van der Waals surface area contributed by atoms with E-state index < -0.39 is 0 Å². The van der Waals surface area contributed by atoms with E-state index in [1.165, 1.54) is 0 Å². The van der Waals surface area contributed by atoms with E-state index in [9.17, 15) is 9.59 Å². The van der Waals surface area contributed by atoms with Crippen molar-refractivity contribution >= 4 is 41.8 Å². The highest BCUT2D eigenvalue weighted by Gasteiger charge is 2.53. The average Bonchev–Trinajstić information content (AvgIpc) is 2.67. The van der Waals surface area contributed by atoms with E-state index in [1.54, 1.807) is 11.9 Å². The molecule has 160 valence electrons. The summed E-state index contributed by atoms with van der Waals surface area (Å²) >= 11 is 0. The second kappa shape index (κ2) is 8.89. The molecular formula is C21H32IN5O2. The van der Waals surface area contributed by atoms with Crippen LogP contribution in [0.15, 0.2) is 29.3 Å². The van der Waals surface area contributed by atoms with Gasteiger partial charge in [0.15, 0.2) is 5.96 Å². The Balaban J connectivity index is 0.00000300. The lowest BCUT2D eigenvalue weighted by molar-refractivity contribution is -0.123. The Kier molecular flexibility index (Phi) is 7.19. The Hall–Kier alpha value is -1.84. The summed E-state index contributed by atoms with van der Waals surface area (Å²) in [4.78, 5) is 32.3. The number of aliphatic imine (C=N–C) groups is 1. The Morgan fingerprint density at radius 2 is 1.86 bits per heavy atom. The maximum atomic E-state index is 12.5. The topological polar surface area (TPSA) is 77.0 Å². The molecule has 0 aromatic heterocycles. The third kappa shape index (κ3) is 4.67. The van der Waals surface area contributed by atoms with Crippen LogP contribution in [0.5, 0.6) is 0 Å². The molecule has 0 atom stereocenters. The third-order valence-electron chi connectivity index (χ3n) is 6.33. The smallest absolute Gasteiger partial charge is 0.254 e. The average molecular weight is 513 g/mol. The SMILES string of the molecule is CN=C(NCc1ccc(C(=O)N2CCNC(=O)C2)cc1)N1CC(C)(C)C1(C)C.I. The number of rotatable bonds is 3. The number of hydrogen-bond acceptors (Lipinski definition) is 3. The van der Waals surface area contributed by atoms with Gasteiger partial charge in [-0.2, -0.15) is 0 Å². The fraction of sp³-hybridized carbons (Fsp3) is 0.571. The second-order valence-corrected chi connectivity index (χ2v) is 8.70. The summed E-state index contributed by atoms with van der Waals surface area (Å²) < 4.78 is 0. The first-order valence-corrected chi connectivity index (χ1v) is 9.79. The largest absolute Gasteiger partial charge is 0.353 e. The minimum absolute atomic E-state index is 0. The van der Waals surface area contributed by atoms with Gasteiger partial charge in [0.05, 0.1) is 6.54 Å². The van der Waals surface area contributed by atoms with Gasteiger partial charge in [-0.1, -0.05) is 26.0 Å². The van der Waals surface area contributed by atoms with Crippen LogP contribution in [-0.2, 0) is 11.3 Å². The highest BCUT2D eigenvalue weighted by Crippen LogP contribution is 2.46. The van der Waals surface area contributed by atoms with Gasteiger partial charge >= 0.3 is 0 Å². The molecule has 1 aromatic rings. The summed E-state index contributed by atoms with van der Waals surface area (Å²) in [5.74, 6) is 0.683. The summed E-state index contributed by atoms with van der Waals surface area (Å²) in [7, 11) is 1.81. The molecule has 3 rings (SSSR count). The van der Waals surface area contributed by atoms with Gasteiger partial charge in [-0.15, -0.1) is 24.0 Å². The fourth-order valence-corrected chi connectivity index (χ4v) is 3.64. The number of benzene rings is 1. The summed E-state index contributed by atoms with van der Waals surface area (Å²) in [6.07, 6.45) is 0. The van der Waals surface area contributed by atoms with Crippen molar-refractivity contribution in [2.45, 2.75) is 39.8 Å². The first-order chi connectivity index (χ1) is 13.2. The Labute approximate surface area is 190 Å². The minimum atomic E-state index is -0.108. The number of amides is 2. The van der Waals surface area contributed by atoms with Gasteiger partial charge in [0.2, 0.25) is 5.91 Å². The fourth-order valence-electron chi connectivity index (χ4n) is 3.64. The van der Waals surface area contributed by atoms with Crippen LogP contribution in [0.25, 0.3) is 0 Å². The van der Waals surface area contributed by atoms with Gasteiger partial charge in [-0.25, -0.2) is 0 Å². The number of carbonyl (C=O) groups is 2. The van der Waals surface area contributed by atoms with Gasteiger partial charge in [0, 0.05) is 49.7 Å². The molecule has 8 heteroatoms. The van der Waals surface area contributed by atoms with Crippen LogP contribution in [-0.4, -0.2) is 66.3 Å². The van der Waals surface area contributed by atoms with E-state index in [0.717, 1.165) is 18.1 Å². The van der Waals surface area contributed by atoms with E-state index in [0.29, 0.717) is 25.2 Å². The molecule has 7 nitrogen and oxygen atoms in total. The molecule has 2 aliphatic rings. The van der Waals surface area contributed by atoms with Gasteiger partial charge in [0.25, 0.3) is 5.91 Å². The number of halogens is 1. The highest BCUT2D eigenvalue weighted by atomic mass is 127. The van der Waals surface area contributed by atoms with Crippen molar-refractivity contribution < 1.29 is 9.59 Å². The zero-order valence-electron chi connectivity index (χ0n) is 17.9. The molecule has 0 aliphatic carbocycles. The lowest BCUT2D eigenvalue weighted by Crippen LogP contribution is -2.72. The molecule has 2 N–H and O–H groups in total. The van der Waals surface area contributed by atoms with E-state index >= 15 is 0 Å². The summed E-state index contributed by atoms with van der Waals surface area (Å²) in [5, 5.41) is 6.16. The number of carbonyl (C=O) groups excluding carboxylic acids is 2. The number of piperazine rings is 1. The zero-order valence-corrected chi connectivity index (χ0v) is 20.2. The van der Waals surface area contributed by atoms with Gasteiger partial charge < -0.3 is 20.4 Å². The maximum Gasteiger partial charge on any atom is 0.254 e. The highest BCUT2D eigenvalue weighted by molar-refractivity contribution is 14.0. The molecule has 2 heterocycles. The van der Waals surface area contributed by atoms with Crippen molar-refractivity contribution in [3.05, 3.63) is 35.4 Å². The van der Waals surface area contributed by atoms with Crippen LogP contribution >= 0.6 is 24.0 Å². The Morgan fingerprint density at radius 3 is 2.38 bits per heavy atom. The number of nitrogens with one attached hydrogen (secondary N) is 2. The third-order valence-corrected chi connectivity index (χ3v) is 6.33. The van der Waals surface area contributed by atoms with Crippen LogP contribution in [0.4, 0.5) is 0 Å². The van der Waals surface area contributed by atoms with E-state index in [4.69, 9.17) is 0 Å². The number of likely N-dealkylation sites (tertiary alicyclic amines) is 1. The number of hydrogen-bond donors (Lipinski definition) is 2. The summed E-state index contributed by atoms with van der Waals surface area (Å²) in [5.41, 5.74) is 1.98. The molecule has 0 unspecified atom stereocenters. The molecule has 2 saturated heterocycles. The number of guanidine groups is 1. The van der Waals surface area contributed by atoms with Gasteiger partial charge in [-0.3, -0.25) is 14.6 Å². The standard InChI is InChI=1S/C21H31N5O2.HI/c1-20(2)14-26(21(20,3)4)19(22-5)24-12-15-6-8-16(9-7-15)18(28)25-11-10-23-17(27)13-25;/h6-9H,10-14H2,1-5H3,(H,22,24)(H,23,27);1H. The van der Waals surface area contributed by atoms with Crippen molar-refractivity contribution in [2.24, 2.45) is 10.4 Å². The van der Waals surface area contributed by atoms with Gasteiger partial charge in [-0.05, 0) is 31.5 Å². The summed E-state index contributed by atoms with van der Waals surface area (Å²) in [6.45, 7) is 11.8. The summed E-state index contributed by atoms with van der Waals surface area (Å²) in [6, 6.07) is 7.54. The number of nitrogens with zero attached hydrogens (tertiary/aromatic N) is 3. The van der Waals surface area contributed by atoms with Crippen LogP contribution in [0.3, 0.4) is 0 Å². The van der Waals surface area contributed by atoms with Crippen LogP contribution < -0.4 is 10.6 Å². The van der Waals surface area contributed by atoms with Crippen molar-refractivity contribution in [2.75, 3.05) is 33.2 Å². The minimum Gasteiger partial charge on any atom is -0.353 e. The molecule has 0 saturated carbocycles. The zero-order chi connectivity index (χ0) is 20.5. The molecule has 1 aromatic carbocycles. The molecule has 0 bridgehead atoms. The Bertz CT molecular complexity index is 789.